The number of hydrogen-bond acceptors (Lipinski definition) is 4. The number of methoxy groups -OCH3 is 1. The van der Waals surface area contributed by atoms with Crippen LogP contribution in [-0.2, 0) is 16.1 Å². The first-order valence-corrected chi connectivity index (χ1v) is 13.7. The molecule has 0 unspecified atom stereocenters. The molecule has 0 spiro atoms. The van der Waals surface area contributed by atoms with Gasteiger partial charge in [0.25, 0.3) is 0 Å². The van der Waals surface area contributed by atoms with Crippen molar-refractivity contribution in [3.63, 3.8) is 0 Å². The Morgan fingerprint density at radius 2 is 1.92 bits per heavy atom. The Morgan fingerprint density at radius 1 is 1.10 bits per heavy atom. The molecule has 39 heavy (non-hydrogen) atoms. The molecule has 1 aliphatic rings. The van der Waals surface area contributed by atoms with Crippen molar-refractivity contribution in [1.29, 1.82) is 0 Å². The monoisotopic (exact) mass is 534 g/mol. The number of carbonyl (C=O) groups is 1. The average Bonchev–Trinajstić information content (AvgIpc) is 2.92. The zero-order valence-corrected chi connectivity index (χ0v) is 23.3. The van der Waals surface area contributed by atoms with Gasteiger partial charge in [-0.1, -0.05) is 51.5 Å². The molecular weight excluding hydrogens is 495 g/mol. The summed E-state index contributed by atoms with van der Waals surface area (Å²) in [5.74, 6) is 0.128. The van der Waals surface area contributed by atoms with E-state index in [1.54, 1.807) is 19.2 Å². The van der Waals surface area contributed by atoms with Crippen molar-refractivity contribution in [2.75, 3.05) is 13.7 Å². The fourth-order valence-electron chi connectivity index (χ4n) is 5.57. The minimum absolute atomic E-state index is 0.0506. The summed E-state index contributed by atoms with van der Waals surface area (Å²) in [7, 11) is 1.58. The molecule has 1 N–H and O–H groups in total. The lowest BCUT2D eigenvalue weighted by Gasteiger charge is -2.39. The molecule has 6 heteroatoms. The van der Waals surface area contributed by atoms with Crippen LogP contribution in [0.3, 0.4) is 0 Å². The molecule has 1 aliphatic heterocycles. The van der Waals surface area contributed by atoms with Gasteiger partial charge < -0.3 is 19.3 Å². The van der Waals surface area contributed by atoms with Gasteiger partial charge in [-0.3, -0.25) is 4.79 Å². The van der Waals surface area contributed by atoms with Crippen molar-refractivity contribution in [3.05, 3.63) is 83.2 Å². The van der Waals surface area contributed by atoms with Gasteiger partial charge in [0.15, 0.2) is 0 Å². The van der Waals surface area contributed by atoms with Crippen LogP contribution < -0.4 is 9.47 Å². The summed E-state index contributed by atoms with van der Waals surface area (Å²) < 4.78 is 33.0. The largest absolute Gasteiger partial charge is 0.497 e. The summed E-state index contributed by atoms with van der Waals surface area (Å²) in [5, 5.41) is 9.34. The molecule has 2 atom stereocenters. The molecule has 0 bridgehead atoms. The van der Waals surface area contributed by atoms with Gasteiger partial charge in [0.2, 0.25) is 0 Å². The van der Waals surface area contributed by atoms with Gasteiger partial charge in [0.1, 0.15) is 23.9 Å². The summed E-state index contributed by atoms with van der Waals surface area (Å²) in [6.45, 7) is 7.44. The highest BCUT2D eigenvalue weighted by Gasteiger charge is 2.36. The quantitative estimate of drug-likeness (QED) is 0.268. The van der Waals surface area contributed by atoms with E-state index in [1.807, 2.05) is 36.4 Å². The summed E-state index contributed by atoms with van der Waals surface area (Å²) in [6.07, 6.45) is 3.62. The van der Waals surface area contributed by atoms with Crippen LogP contribution in [0, 0.1) is 11.2 Å². The van der Waals surface area contributed by atoms with Crippen LogP contribution in [0.4, 0.5) is 4.39 Å². The van der Waals surface area contributed by atoms with Crippen LogP contribution in [0.2, 0.25) is 0 Å². The van der Waals surface area contributed by atoms with E-state index in [9.17, 15) is 9.90 Å². The average molecular weight is 535 g/mol. The topological polar surface area (TPSA) is 65.0 Å². The number of carboxylic acids is 1. The predicted molar refractivity (Wildman–Crippen MR) is 151 cm³/mol. The van der Waals surface area contributed by atoms with Crippen molar-refractivity contribution < 1.29 is 28.5 Å². The lowest BCUT2D eigenvalue weighted by atomic mass is 9.75. The van der Waals surface area contributed by atoms with E-state index in [-0.39, 0.29) is 29.7 Å². The number of carboxylic acid groups (broad SMARTS) is 1. The molecule has 1 fully saturated rings. The first-order chi connectivity index (χ1) is 18.7. The first kappa shape index (κ1) is 28.6. The second-order valence-electron chi connectivity index (χ2n) is 11.1. The minimum Gasteiger partial charge on any atom is -0.497 e. The third-order valence-electron chi connectivity index (χ3n) is 7.62. The molecule has 4 rings (SSSR count). The summed E-state index contributed by atoms with van der Waals surface area (Å²) in [4.78, 5) is 11.4. The number of halogens is 1. The lowest BCUT2D eigenvalue weighted by molar-refractivity contribution is -0.137. The SMILES string of the molecule is CCC[C@@H](CC(=O)O)c1cccc(OCc2ccc(-c3cc(OC)ccc3F)c([C@@H]3OCCCC3(C)C)c2)c1. The van der Waals surface area contributed by atoms with Crippen molar-refractivity contribution in [3.8, 4) is 22.6 Å². The smallest absolute Gasteiger partial charge is 0.303 e. The normalized spacial score (nSPS) is 17.4. The molecule has 208 valence electrons. The summed E-state index contributed by atoms with van der Waals surface area (Å²) in [5.41, 5.74) is 4.00. The van der Waals surface area contributed by atoms with Gasteiger partial charge in [-0.15, -0.1) is 0 Å². The zero-order chi connectivity index (χ0) is 28.0. The zero-order valence-electron chi connectivity index (χ0n) is 23.3. The highest BCUT2D eigenvalue weighted by molar-refractivity contribution is 5.71. The third kappa shape index (κ3) is 6.99. The second-order valence-corrected chi connectivity index (χ2v) is 11.1. The molecule has 1 heterocycles. The van der Waals surface area contributed by atoms with E-state index in [0.717, 1.165) is 47.9 Å². The van der Waals surface area contributed by atoms with Gasteiger partial charge in [0, 0.05) is 12.2 Å². The van der Waals surface area contributed by atoms with Crippen LogP contribution in [0.15, 0.2) is 60.7 Å². The van der Waals surface area contributed by atoms with Crippen LogP contribution in [0.5, 0.6) is 11.5 Å². The minimum atomic E-state index is -0.798. The molecule has 0 aromatic heterocycles. The molecule has 0 saturated carbocycles. The molecule has 0 amide bonds. The number of ether oxygens (including phenoxy) is 3. The van der Waals surface area contributed by atoms with Crippen LogP contribution in [0.1, 0.15) is 81.6 Å². The molecule has 3 aromatic rings. The Bertz CT molecular complexity index is 1280. The number of aliphatic carboxylic acids is 1. The van der Waals surface area contributed by atoms with E-state index in [0.29, 0.717) is 30.3 Å². The fraction of sp³-hybridized carbons (Fsp3) is 0.424. The number of rotatable bonds is 11. The molecule has 0 radical (unpaired) electrons. The summed E-state index contributed by atoms with van der Waals surface area (Å²) >= 11 is 0. The Kier molecular flexibility index (Phi) is 9.28. The van der Waals surface area contributed by atoms with Crippen LogP contribution >= 0.6 is 0 Å². The van der Waals surface area contributed by atoms with Crippen molar-refractivity contribution >= 4 is 5.97 Å². The predicted octanol–water partition coefficient (Wildman–Crippen LogP) is 8.32. The van der Waals surface area contributed by atoms with Crippen molar-refractivity contribution in [2.45, 2.75) is 71.5 Å². The van der Waals surface area contributed by atoms with Crippen LogP contribution in [0.25, 0.3) is 11.1 Å². The van der Waals surface area contributed by atoms with E-state index < -0.39 is 5.97 Å². The van der Waals surface area contributed by atoms with E-state index >= 15 is 4.39 Å². The van der Waals surface area contributed by atoms with Crippen molar-refractivity contribution in [1.82, 2.24) is 0 Å². The maximum atomic E-state index is 15.1. The standard InChI is InChI=1S/C33H39FO5/c1-5-8-23(19-31(35)36)24-9-6-10-26(18-24)39-21-22-11-13-27(28-20-25(37-4)12-14-30(28)34)29(17-22)32-33(2,3)15-7-16-38-32/h6,9-14,17-18,20,23,32H,5,7-8,15-16,19,21H2,1-4H3,(H,35,36)/t23-,32-/m0/s1. The Hall–Kier alpha value is -3.38. The summed E-state index contributed by atoms with van der Waals surface area (Å²) in [6, 6.07) is 18.5. The maximum Gasteiger partial charge on any atom is 0.303 e. The second kappa shape index (κ2) is 12.6. The highest BCUT2D eigenvalue weighted by Crippen LogP contribution is 2.47. The molecule has 1 saturated heterocycles. The molecule has 5 nitrogen and oxygen atoms in total. The van der Waals surface area contributed by atoms with Gasteiger partial charge >= 0.3 is 5.97 Å². The molecule has 0 aliphatic carbocycles. The van der Waals surface area contributed by atoms with E-state index in [2.05, 4.69) is 26.8 Å². The number of hydrogen-bond donors (Lipinski definition) is 1. The Balaban J connectivity index is 1.65. The van der Waals surface area contributed by atoms with Gasteiger partial charge in [-0.2, -0.15) is 0 Å². The molecule has 3 aromatic carbocycles. The Morgan fingerprint density at radius 3 is 2.64 bits per heavy atom. The third-order valence-corrected chi connectivity index (χ3v) is 7.62. The fourth-order valence-corrected chi connectivity index (χ4v) is 5.57. The van der Waals surface area contributed by atoms with E-state index in [4.69, 9.17) is 14.2 Å². The highest BCUT2D eigenvalue weighted by atomic mass is 19.1. The van der Waals surface area contributed by atoms with Crippen LogP contribution in [-0.4, -0.2) is 24.8 Å². The first-order valence-electron chi connectivity index (χ1n) is 13.7. The lowest BCUT2D eigenvalue weighted by Crippen LogP contribution is -2.30. The van der Waals surface area contributed by atoms with Crippen molar-refractivity contribution in [2.24, 2.45) is 5.41 Å². The molecular formula is C33H39FO5. The number of benzene rings is 3. The maximum absolute atomic E-state index is 15.1. The Labute approximate surface area is 230 Å². The van der Waals surface area contributed by atoms with Gasteiger partial charge in [-0.25, -0.2) is 4.39 Å². The van der Waals surface area contributed by atoms with E-state index in [1.165, 1.54) is 6.07 Å². The van der Waals surface area contributed by atoms with Gasteiger partial charge in [-0.05, 0) is 89.2 Å². The van der Waals surface area contributed by atoms with Gasteiger partial charge in [0.05, 0.1) is 19.6 Å².